The van der Waals surface area contributed by atoms with Crippen LogP contribution in [-0.2, 0) is 18.8 Å². The molecule has 0 aromatic heterocycles. The van der Waals surface area contributed by atoms with E-state index in [9.17, 15) is 8.42 Å². The van der Waals surface area contributed by atoms with Gasteiger partial charge < -0.3 is 9.47 Å². The van der Waals surface area contributed by atoms with Crippen molar-refractivity contribution in [2.45, 2.75) is 41.4 Å². The van der Waals surface area contributed by atoms with Gasteiger partial charge in [-0.25, -0.2) is 8.37 Å². The van der Waals surface area contributed by atoms with Crippen molar-refractivity contribution < 1.29 is 34.5 Å². The Morgan fingerprint density at radius 3 is 2.41 bits per heavy atom. The standard InChI is InChI=1S/C21H24O6S2/c1-4-26-29(22,23)27-17-12-14-18-15(24-2)10-11-16(25-3)19(18)20(17)21(14)28-13-8-6-5-7-9-13/h5-11,14,17,20-21H,4,12H2,1-3H3/t14-,17+,20+,21?/m0/s1/i2D3,3D3. The molecule has 0 aliphatic heterocycles. The fourth-order valence-corrected chi connectivity index (χ4v) is 6.70. The summed E-state index contributed by atoms with van der Waals surface area (Å²) in [6, 6.07) is 12.1. The summed E-state index contributed by atoms with van der Waals surface area (Å²) >= 11 is 1.47. The highest BCUT2D eigenvalue weighted by Crippen LogP contribution is 2.64. The maximum atomic E-state index is 12.3. The van der Waals surface area contributed by atoms with Gasteiger partial charge in [0.2, 0.25) is 0 Å². The third kappa shape index (κ3) is 3.74. The topological polar surface area (TPSA) is 71.1 Å². The zero-order chi connectivity index (χ0) is 25.6. The average Bonchev–Trinajstić information content (AvgIpc) is 3.20. The fraction of sp³-hybridized carbons (Fsp3) is 0.429. The number of methoxy groups -OCH3 is 2. The van der Waals surface area contributed by atoms with Gasteiger partial charge in [-0.15, -0.1) is 11.8 Å². The van der Waals surface area contributed by atoms with Gasteiger partial charge in [0.25, 0.3) is 0 Å². The summed E-state index contributed by atoms with van der Waals surface area (Å²) in [5, 5.41) is -0.297. The van der Waals surface area contributed by atoms with Gasteiger partial charge in [-0.3, -0.25) is 0 Å². The predicted octanol–water partition coefficient (Wildman–Crippen LogP) is 4.12. The third-order valence-electron chi connectivity index (χ3n) is 5.29. The second-order valence-electron chi connectivity index (χ2n) is 6.81. The SMILES string of the molecule is [2H]C([2H])([2H])Oc1ccc(OC([2H])([2H])[2H])c2c1[C@@H]1C(Sc3ccccc3)[C@H]2C[C@H]1OS(=O)(=O)OCC. The number of hydrogen-bond acceptors (Lipinski definition) is 7. The van der Waals surface area contributed by atoms with Gasteiger partial charge in [0.15, 0.2) is 0 Å². The van der Waals surface area contributed by atoms with Crippen LogP contribution in [0.2, 0.25) is 0 Å². The zero-order valence-electron chi connectivity index (χ0n) is 21.5. The molecule has 1 unspecified atom stereocenters. The van der Waals surface area contributed by atoms with E-state index in [0.29, 0.717) is 11.1 Å². The lowest BCUT2D eigenvalue weighted by Crippen LogP contribution is -2.26. The Morgan fingerprint density at radius 2 is 1.76 bits per heavy atom. The molecule has 1 saturated carbocycles. The summed E-state index contributed by atoms with van der Waals surface area (Å²) < 4.78 is 90.8. The molecule has 4 atom stereocenters. The second kappa shape index (κ2) is 8.18. The molecule has 2 aliphatic carbocycles. The van der Waals surface area contributed by atoms with E-state index in [-0.39, 0.29) is 35.7 Å². The van der Waals surface area contributed by atoms with Crippen molar-refractivity contribution in [2.24, 2.45) is 0 Å². The van der Waals surface area contributed by atoms with E-state index >= 15 is 0 Å². The number of ether oxygens (including phenoxy) is 2. The molecule has 0 N–H and O–H groups in total. The maximum Gasteiger partial charge on any atom is 0.400 e. The fourth-order valence-electron chi connectivity index (χ4n) is 4.36. The van der Waals surface area contributed by atoms with Crippen LogP contribution in [0, 0.1) is 0 Å². The van der Waals surface area contributed by atoms with Crippen LogP contribution in [-0.4, -0.2) is 40.5 Å². The molecule has 2 bridgehead atoms. The first-order chi connectivity index (χ1) is 16.3. The lowest BCUT2D eigenvalue weighted by atomic mass is 9.88. The molecule has 4 rings (SSSR count). The molecule has 8 heteroatoms. The predicted molar refractivity (Wildman–Crippen MR) is 111 cm³/mol. The first-order valence-electron chi connectivity index (χ1n) is 12.1. The van der Waals surface area contributed by atoms with Gasteiger partial charge in [-0.1, -0.05) is 18.2 Å². The summed E-state index contributed by atoms with van der Waals surface area (Å²) in [4.78, 5) is 0.908. The van der Waals surface area contributed by atoms with Crippen LogP contribution < -0.4 is 9.47 Å². The molecule has 29 heavy (non-hydrogen) atoms. The Balaban J connectivity index is 1.83. The van der Waals surface area contributed by atoms with E-state index in [1.165, 1.54) is 30.8 Å². The van der Waals surface area contributed by atoms with E-state index in [4.69, 9.17) is 26.1 Å². The van der Waals surface area contributed by atoms with Crippen LogP contribution >= 0.6 is 11.8 Å². The molecule has 1 fully saturated rings. The van der Waals surface area contributed by atoms with Crippen LogP contribution in [0.3, 0.4) is 0 Å². The van der Waals surface area contributed by atoms with Gasteiger partial charge in [-0.05, 0) is 37.6 Å². The van der Waals surface area contributed by atoms with Gasteiger partial charge >= 0.3 is 10.4 Å². The summed E-state index contributed by atoms with van der Waals surface area (Å²) in [6.45, 7) is 1.41. The molecule has 0 spiro atoms. The van der Waals surface area contributed by atoms with Crippen LogP contribution in [0.5, 0.6) is 11.5 Å². The van der Waals surface area contributed by atoms with Crippen molar-refractivity contribution in [1.82, 2.24) is 0 Å². The average molecular weight is 443 g/mol. The van der Waals surface area contributed by atoms with E-state index in [1.54, 1.807) is 0 Å². The van der Waals surface area contributed by atoms with Crippen LogP contribution in [0.15, 0.2) is 47.4 Å². The van der Waals surface area contributed by atoms with Crippen LogP contribution in [0.1, 0.15) is 44.5 Å². The first-order valence-corrected chi connectivity index (χ1v) is 11.3. The molecule has 0 saturated heterocycles. The van der Waals surface area contributed by atoms with Crippen molar-refractivity contribution in [1.29, 1.82) is 0 Å². The van der Waals surface area contributed by atoms with Crippen LogP contribution in [0.4, 0.5) is 0 Å². The minimum absolute atomic E-state index is 0.00570. The zero-order valence-corrected chi connectivity index (χ0v) is 17.2. The largest absolute Gasteiger partial charge is 0.496 e. The Kier molecular flexibility index (Phi) is 4.03. The minimum atomic E-state index is -4.31. The summed E-state index contributed by atoms with van der Waals surface area (Å²) in [5.41, 5.74) is 0.874. The van der Waals surface area contributed by atoms with E-state index < -0.39 is 36.5 Å². The summed E-state index contributed by atoms with van der Waals surface area (Å²) in [7, 11) is -9.82. The molecule has 0 radical (unpaired) electrons. The Labute approximate surface area is 184 Å². The monoisotopic (exact) mass is 442 g/mol. The first kappa shape index (κ1) is 14.3. The molecule has 0 heterocycles. The number of thioether (sulfide) groups is 1. The van der Waals surface area contributed by atoms with Gasteiger partial charge in [-0.2, -0.15) is 8.42 Å². The smallest absolute Gasteiger partial charge is 0.400 e. The Hall–Kier alpha value is -1.74. The molecule has 6 nitrogen and oxygen atoms in total. The quantitative estimate of drug-likeness (QED) is 0.609. The van der Waals surface area contributed by atoms with E-state index in [0.717, 1.165) is 4.90 Å². The normalized spacial score (nSPS) is 29.0. The second-order valence-corrected chi connectivity index (χ2v) is 9.30. The molecule has 156 valence electrons. The van der Waals surface area contributed by atoms with Crippen molar-refractivity contribution in [2.75, 3.05) is 20.7 Å². The molecule has 2 aliphatic rings. The number of hydrogen-bond donors (Lipinski definition) is 0. The highest BCUT2D eigenvalue weighted by Gasteiger charge is 2.56. The third-order valence-corrected chi connectivity index (χ3v) is 7.73. The van der Waals surface area contributed by atoms with Crippen molar-refractivity contribution in [3.8, 4) is 11.5 Å². The molecule has 0 amide bonds. The van der Waals surface area contributed by atoms with Crippen molar-refractivity contribution >= 4 is 22.2 Å². The Morgan fingerprint density at radius 1 is 1.07 bits per heavy atom. The van der Waals surface area contributed by atoms with Crippen molar-refractivity contribution in [3.63, 3.8) is 0 Å². The Bertz CT molecular complexity index is 1170. The highest BCUT2D eigenvalue weighted by atomic mass is 32.3. The molecular formula is C21H24O6S2. The molecule has 2 aromatic rings. The van der Waals surface area contributed by atoms with E-state index in [1.807, 2.05) is 30.3 Å². The lowest BCUT2D eigenvalue weighted by molar-refractivity contribution is 0.147. The molecule has 2 aromatic carbocycles. The van der Waals surface area contributed by atoms with Gasteiger partial charge in [0, 0.05) is 33.1 Å². The number of rotatable bonds is 8. The van der Waals surface area contributed by atoms with Crippen molar-refractivity contribution in [3.05, 3.63) is 53.6 Å². The van der Waals surface area contributed by atoms with Gasteiger partial charge in [0.1, 0.15) is 11.5 Å². The van der Waals surface area contributed by atoms with E-state index in [2.05, 4.69) is 0 Å². The summed E-state index contributed by atoms with van der Waals surface area (Å²) in [6.07, 6.45) is -0.629. The highest BCUT2D eigenvalue weighted by molar-refractivity contribution is 8.00. The lowest BCUT2D eigenvalue weighted by Gasteiger charge is -2.26. The maximum absolute atomic E-state index is 12.3. The summed E-state index contributed by atoms with van der Waals surface area (Å²) in [5.74, 6) is -0.936. The molecular weight excluding hydrogens is 412 g/mol. The minimum Gasteiger partial charge on any atom is -0.496 e. The number of fused-ring (bicyclic) bond motifs is 5. The van der Waals surface area contributed by atoms with Gasteiger partial charge in [0.05, 0.1) is 35.0 Å². The van der Waals surface area contributed by atoms with Crippen LogP contribution in [0.25, 0.3) is 0 Å². The number of benzene rings is 2.